The van der Waals surface area contributed by atoms with E-state index in [1.807, 2.05) is 0 Å². The summed E-state index contributed by atoms with van der Waals surface area (Å²) >= 11 is 0. The number of ether oxygens (including phenoxy) is 3. The molecular weight excluding hydrogens is 366 g/mol. The van der Waals surface area contributed by atoms with Crippen molar-refractivity contribution in [2.75, 3.05) is 39.2 Å². The Bertz CT molecular complexity index is 780. The zero-order valence-corrected chi connectivity index (χ0v) is 15.8. The summed E-state index contributed by atoms with van der Waals surface area (Å²) in [5, 5.41) is 6.25. The molecule has 1 aromatic heterocycles. The third-order valence-electron chi connectivity index (χ3n) is 4.42. The van der Waals surface area contributed by atoms with Crippen LogP contribution in [0.15, 0.2) is 35.1 Å². The maximum absolute atomic E-state index is 13.3. The standard InChI is InChI=1S/C19H23N3O6/c1-25-14-6-3-7-15(26-2)18(14)19(24)22(11-13-5-4-9-27-13)12-17(23)20-16-8-10-28-21-16/h3,6-8,10,13H,4-5,9,11-12H2,1-2H3,(H,20,21,23)/t13-/m0/s1. The first-order valence-corrected chi connectivity index (χ1v) is 8.94. The smallest absolute Gasteiger partial charge is 0.261 e. The largest absolute Gasteiger partial charge is 0.496 e. The quantitative estimate of drug-likeness (QED) is 0.736. The minimum atomic E-state index is -0.394. The van der Waals surface area contributed by atoms with E-state index in [0.717, 1.165) is 12.8 Å². The van der Waals surface area contributed by atoms with Crippen LogP contribution in [-0.4, -0.2) is 61.9 Å². The fraction of sp³-hybridized carbons (Fsp3) is 0.421. The minimum absolute atomic E-state index is 0.121. The van der Waals surface area contributed by atoms with Crippen LogP contribution in [0.2, 0.25) is 0 Å². The van der Waals surface area contributed by atoms with Gasteiger partial charge in [0.2, 0.25) is 5.91 Å². The Morgan fingerprint density at radius 1 is 1.25 bits per heavy atom. The van der Waals surface area contributed by atoms with Crippen molar-refractivity contribution in [3.8, 4) is 11.5 Å². The van der Waals surface area contributed by atoms with Crippen molar-refractivity contribution in [3.05, 3.63) is 36.1 Å². The van der Waals surface area contributed by atoms with E-state index in [9.17, 15) is 9.59 Å². The Morgan fingerprint density at radius 2 is 2.00 bits per heavy atom. The number of rotatable bonds is 8. The van der Waals surface area contributed by atoms with Gasteiger partial charge in [-0.2, -0.15) is 0 Å². The molecule has 9 heteroatoms. The molecule has 0 radical (unpaired) electrons. The van der Waals surface area contributed by atoms with Crippen LogP contribution in [0.1, 0.15) is 23.2 Å². The van der Waals surface area contributed by atoms with Gasteiger partial charge in [-0.15, -0.1) is 0 Å². The number of carbonyl (C=O) groups excluding carboxylic acids is 2. The van der Waals surface area contributed by atoms with E-state index in [4.69, 9.17) is 18.7 Å². The molecule has 1 aromatic carbocycles. The van der Waals surface area contributed by atoms with E-state index in [0.29, 0.717) is 18.1 Å². The third kappa shape index (κ3) is 4.61. The number of benzene rings is 1. The van der Waals surface area contributed by atoms with Crippen LogP contribution in [0.5, 0.6) is 11.5 Å². The first-order chi connectivity index (χ1) is 13.6. The zero-order chi connectivity index (χ0) is 19.9. The van der Waals surface area contributed by atoms with Gasteiger partial charge in [0.1, 0.15) is 29.9 Å². The van der Waals surface area contributed by atoms with Gasteiger partial charge >= 0.3 is 0 Å². The van der Waals surface area contributed by atoms with Gasteiger partial charge in [-0.3, -0.25) is 9.59 Å². The summed E-state index contributed by atoms with van der Waals surface area (Å²) in [4.78, 5) is 27.2. The summed E-state index contributed by atoms with van der Waals surface area (Å²) in [5.74, 6) is 0.260. The van der Waals surface area contributed by atoms with Crippen LogP contribution >= 0.6 is 0 Å². The first-order valence-electron chi connectivity index (χ1n) is 8.94. The molecule has 1 N–H and O–H groups in total. The van der Waals surface area contributed by atoms with E-state index in [1.165, 1.54) is 31.4 Å². The monoisotopic (exact) mass is 389 g/mol. The summed E-state index contributed by atoms with van der Waals surface area (Å²) in [6, 6.07) is 6.61. The lowest BCUT2D eigenvalue weighted by Gasteiger charge is -2.26. The van der Waals surface area contributed by atoms with Crippen LogP contribution in [-0.2, 0) is 9.53 Å². The van der Waals surface area contributed by atoms with Gasteiger partial charge in [-0.05, 0) is 25.0 Å². The molecule has 9 nitrogen and oxygen atoms in total. The lowest BCUT2D eigenvalue weighted by molar-refractivity contribution is -0.117. The van der Waals surface area contributed by atoms with E-state index in [1.54, 1.807) is 18.2 Å². The summed E-state index contributed by atoms with van der Waals surface area (Å²) in [5.41, 5.74) is 0.264. The molecule has 28 heavy (non-hydrogen) atoms. The Balaban J connectivity index is 1.83. The second kappa shape index (κ2) is 9.23. The SMILES string of the molecule is COc1cccc(OC)c1C(=O)N(CC(=O)Nc1ccon1)C[C@@H]1CCCO1. The molecule has 1 atom stereocenters. The zero-order valence-electron chi connectivity index (χ0n) is 15.8. The van der Waals surface area contributed by atoms with Crippen molar-refractivity contribution in [2.24, 2.45) is 0 Å². The number of methoxy groups -OCH3 is 2. The van der Waals surface area contributed by atoms with Crippen molar-refractivity contribution in [3.63, 3.8) is 0 Å². The molecule has 0 spiro atoms. The van der Waals surface area contributed by atoms with E-state index in [-0.39, 0.29) is 36.5 Å². The molecule has 0 aliphatic carbocycles. The summed E-state index contributed by atoms with van der Waals surface area (Å²) < 4.78 is 21.0. The highest BCUT2D eigenvalue weighted by atomic mass is 16.5. The van der Waals surface area contributed by atoms with Gasteiger partial charge < -0.3 is 29.0 Å². The lowest BCUT2D eigenvalue weighted by atomic mass is 10.1. The maximum atomic E-state index is 13.3. The predicted octanol–water partition coefficient (Wildman–Crippen LogP) is 1.95. The van der Waals surface area contributed by atoms with Crippen molar-refractivity contribution in [2.45, 2.75) is 18.9 Å². The molecule has 0 bridgehead atoms. The van der Waals surface area contributed by atoms with Crippen LogP contribution in [0.25, 0.3) is 0 Å². The first kappa shape index (κ1) is 19.7. The van der Waals surface area contributed by atoms with Crippen molar-refractivity contribution < 1.29 is 28.3 Å². The van der Waals surface area contributed by atoms with Crippen molar-refractivity contribution >= 4 is 17.6 Å². The van der Waals surface area contributed by atoms with Crippen LogP contribution < -0.4 is 14.8 Å². The van der Waals surface area contributed by atoms with Gasteiger partial charge in [0, 0.05) is 19.2 Å². The second-order valence-electron chi connectivity index (χ2n) is 6.29. The van der Waals surface area contributed by atoms with E-state index >= 15 is 0 Å². The Morgan fingerprint density at radius 3 is 2.57 bits per heavy atom. The molecule has 2 heterocycles. The molecule has 2 aromatic rings. The average Bonchev–Trinajstić information content (AvgIpc) is 3.40. The van der Waals surface area contributed by atoms with Crippen molar-refractivity contribution in [1.82, 2.24) is 10.1 Å². The molecule has 0 unspecified atom stereocenters. The molecule has 3 rings (SSSR count). The van der Waals surface area contributed by atoms with Gasteiger partial charge in [-0.25, -0.2) is 0 Å². The highest BCUT2D eigenvalue weighted by molar-refractivity contribution is 6.02. The minimum Gasteiger partial charge on any atom is -0.496 e. The number of nitrogens with one attached hydrogen (secondary N) is 1. The number of amides is 2. The molecule has 2 amide bonds. The highest BCUT2D eigenvalue weighted by Gasteiger charge is 2.29. The predicted molar refractivity (Wildman–Crippen MR) is 99.6 cm³/mol. The van der Waals surface area contributed by atoms with Crippen LogP contribution in [0, 0.1) is 0 Å². The molecule has 1 aliphatic heterocycles. The number of hydrogen-bond acceptors (Lipinski definition) is 7. The number of hydrogen-bond donors (Lipinski definition) is 1. The van der Waals surface area contributed by atoms with E-state index < -0.39 is 5.91 Å². The fourth-order valence-electron chi connectivity index (χ4n) is 3.11. The number of anilines is 1. The van der Waals surface area contributed by atoms with Gasteiger partial charge in [0.05, 0.1) is 20.3 Å². The van der Waals surface area contributed by atoms with Crippen LogP contribution in [0.4, 0.5) is 5.82 Å². The van der Waals surface area contributed by atoms with Crippen LogP contribution in [0.3, 0.4) is 0 Å². The summed E-state index contributed by atoms with van der Waals surface area (Å²) in [6.45, 7) is 0.759. The third-order valence-corrected chi connectivity index (χ3v) is 4.42. The maximum Gasteiger partial charge on any atom is 0.261 e. The molecule has 150 valence electrons. The Hall–Kier alpha value is -3.07. The van der Waals surface area contributed by atoms with Gasteiger partial charge in [0.15, 0.2) is 5.82 Å². The molecule has 0 saturated carbocycles. The van der Waals surface area contributed by atoms with E-state index in [2.05, 4.69) is 10.5 Å². The molecule has 1 fully saturated rings. The Kier molecular flexibility index (Phi) is 6.49. The molecule has 1 saturated heterocycles. The summed E-state index contributed by atoms with van der Waals surface area (Å²) in [7, 11) is 2.96. The Labute approximate surface area is 162 Å². The normalized spacial score (nSPS) is 15.9. The fourth-order valence-corrected chi connectivity index (χ4v) is 3.11. The molecular formula is C19H23N3O6. The second-order valence-corrected chi connectivity index (χ2v) is 6.29. The summed E-state index contributed by atoms with van der Waals surface area (Å²) in [6.07, 6.45) is 2.99. The number of aromatic nitrogens is 1. The van der Waals surface area contributed by atoms with Gasteiger partial charge in [-0.1, -0.05) is 11.2 Å². The molecule has 1 aliphatic rings. The van der Waals surface area contributed by atoms with Gasteiger partial charge in [0.25, 0.3) is 5.91 Å². The highest BCUT2D eigenvalue weighted by Crippen LogP contribution is 2.30. The number of nitrogens with zero attached hydrogens (tertiary/aromatic N) is 2. The van der Waals surface area contributed by atoms with Crippen molar-refractivity contribution in [1.29, 1.82) is 0 Å². The lowest BCUT2D eigenvalue weighted by Crippen LogP contribution is -2.42. The average molecular weight is 389 g/mol. The number of carbonyl (C=O) groups is 2. The topological polar surface area (TPSA) is 103 Å².